The second-order valence-corrected chi connectivity index (χ2v) is 18.2. The van der Waals surface area contributed by atoms with Crippen molar-refractivity contribution in [1.82, 2.24) is 9.13 Å². The van der Waals surface area contributed by atoms with E-state index in [4.69, 9.17) is 15.9 Å². The molecule has 63 heavy (non-hydrogen) atoms. The molecule has 1 fully saturated rings. The Kier molecular flexibility index (Phi) is 9.34. The van der Waals surface area contributed by atoms with Gasteiger partial charge in [0.05, 0.1) is 27.8 Å². The van der Waals surface area contributed by atoms with Crippen molar-refractivity contribution in [3.63, 3.8) is 0 Å². The molecule has 11 rings (SSSR count). The largest absolute Gasteiger partial charge is 0.494 e. The average Bonchev–Trinajstić information content (AvgIpc) is 3.90. The number of nitrogens with zero attached hydrogens (tertiary/aromatic N) is 2. The molecule has 3 heterocycles. The first kappa shape index (κ1) is 39.2. The summed E-state index contributed by atoms with van der Waals surface area (Å²) >= 11 is 0. The Hall–Kier alpha value is -6.66. The summed E-state index contributed by atoms with van der Waals surface area (Å²) in [5, 5.41) is 8.44. The van der Waals surface area contributed by atoms with Crippen LogP contribution < -0.4 is 5.46 Å². The zero-order chi connectivity index (χ0) is 43.0. The van der Waals surface area contributed by atoms with Gasteiger partial charge in [0.15, 0.2) is 0 Å². The second kappa shape index (κ2) is 15.0. The molecule has 0 bridgehead atoms. The average molecular weight is 819 g/mol. The number of allylic oxidation sites excluding steroid dienone is 6. The zero-order valence-electron chi connectivity index (χ0n) is 36.8. The molecule has 2 aromatic heterocycles. The number of para-hydroxylation sites is 3. The molecule has 5 heteroatoms. The Morgan fingerprint density at radius 3 is 1.90 bits per heavy atom. The summed E-state index contributed by atoms with van der Waals surface area (Å²) < 4.78 is 18.1. The van der Waals surface area contributed by atoms with Crippen molar-refractivity contribution in [3.8, 4) is 16.8 Å². The van der Waals surface area contributed by atoms with Crippen LogP contribution in [-0.2, 0) is 15.7 Å². The lowest BCUT2D eigenvalue weighted by Gasteiger charge is -2.32. The molecule has 0 unspecified atom stereocenters. The lowest BCUT2D eigenvalue weighted by molar-refractivity contribution is 0.00578. The Morgan fingerprint density at radius 1 is 0.651 bits per heavy atom. The fourth-order valence-corrected chi connectivity index (χ4v) is 10.1. The standard InChI is InChI=1S/C58H51BN2O2/c1-7-18-41(60-51-25-14-10-19-43(51)44-20-11-15-26-52(44)60)33-29-38(2)55-47-23-8-9-24-48(47)56(49-36-32-40(37-50(49)55)59-62-57(3,4)58(5,6)63-59)39-30-34-42(35-31-39)61-53-27-16-12-21-45(53)46-22-13-17-28-54(46)61/h8-12,14-21,23-37H,2,7,13,22H2,1,3-6H3/b33-29-,41-18+. The molecular weight excluding hydrogens is 767 g/mol. The molecule has 4 nitrogen and oxygen atoms in total. The summed E-state index contributed by atoms with van der Waals surface area (Å²) in [4.78, 5) is 0. The van der Waals surface area contributed by atoms with Crippen LogP contribution in [0.1, 0.15) is 64.3 Å². The predicted molar refractivity (Wildman–Crippen MR) is 269 cm³/mol. The minimum absolute atomic E-state index is 0.465. The van der Waals surface area contributed by atoms with Crippen LogP contribution in [0, 0.1) is 0 Å². The van der Waals surface area contributed by atoms with Crippen molar-refractivity contribution in [2.45, 2.75) is 65.1 Å². The van der Waals surface area contributed by atoms with Crippen LogP contribution in [0.25, 0.3) is 88.4 Å². The van der Waals surface area contributed by atoms with Crippen LogP contribution in [0.5, 0.6) is 0 Å². The maximum atomic E-state index is 6.66. The van der Waals surface area contributed by atoms with Gasteiger partial charge in [-0.1, -0.05) is 141 Å². The smallest absolute Gasteiger partial charge is 0.399 e. The Labute approximate surface area is 370 Å². The second-order valence-electron chi connectivity index (χ2n) is 18.2. The van der Waals surface area contributed by atoms with Crippen molar-refractivity contribution in [2.24, 2.45) is 0 Å². The molecule has 308 valence electrons. The van der Waals surface area contributed by atoms with Crippen molar-refractivity contribution in [3.05, 3.63) is 187 Å². The number of benzene rings is 7. The highest BCUT2D eigenvalue weighted by molar-refractivity contribution is 6.62. The number of hydrogen-bond donors (Lipinski definition) is 0. The number of fused-ring (bicyclic) bond motifs is 8. The van der Waals surface area contributed by atoms with E-state index in [-0.39, 0.29) is 0 Å². The molecule has 0 amide bonds. The molecule has 0 N–H and O–H groups in total. The third-order valence-corrected chi connectivity index (χ3v) is 13.9. The van der Waals surface area contributed by atoms with Gasteiger partial charge in [-0.2, -0.15) is 0 Å². The van der Waals surface area contributed by atoms with Crippen molar-refractivity contribution in [1.29, 1.82) is 0 Å². The van der Waals surface area contributed by atoms with Crippen LogP contribution >= 0.6 is 0 Å². The Bertz CT molecular complexity index is 3340. The minimum atomic E-state index is -0.504. The molecule has 0 radical (unpaired) electrons. The van der Waals surface area contributed by atoms with Gasteiger partial charge in [0.2, 0.25) is 0 Å². The third-order valence-electron chi connectivity index (χ3n) is 13.9. The topological polar surface area (TPSA) is 28.3 Å². The van der Waals surface area contributed by atoms with Gasteiger partial charge in [0.1, 0.15) is 0 Å². The maximum absolute atomic E-state index is 6.66. The van der Waals surface area contributed by atoms with Gasteiger partial charge in [0.25, 0.3) is 0 Å². The summed E-state index contributed by atoms with van der Waals surface area (Å²) in [6, 6.07) is 50.9. The highest BCUT2D eigenvalue weighted by Gasteiger charge is 2.51. The lowest BCUT2D eigenvalue weighted by atomic mass is 9.76. The van der Waals surface area contributed by atoms with Crippen molar-refractivity contribution in [2.75, 3.05) is 0 Å². The molecule has 2 aliphatic rings. The first-order valence-corrected chi connectivity index (χ1v) is 22.4. The fraction of sp³-hybridized carbons (Fsp3) is 0.172. The Morgan fingerprint density at radius 2 is 1.24 bits per heavy atom. The molecule has 1 aliphatic carbocycles. The van der Waals surface area contributed by atoms with Gasteiger partial charge in [0, 0.05) is 33.2 Å². The van der Waals surface area contributed by atoms with Crippen molar-refractivity contribution >= 4 is 84.2 Å². The van der Waals surface area contributed by atoms with E-state index in [1.807, 2.05) is 0 Å². The molecule has 0 spiro atoms. The van der Waals surface area contributed by atoms with E-state index in [2.05, 4.69) is 214 Å². The third kappa shape index (κ3) is 6.28. The van der Waals surface area contributed by atoms with Gasteiger partial charge in [-0.05, 0) is 144 Å². The van der Waals surface area contributed by atoms with Crippen LogP contribution in [-0.4, -0.2) is 27.5 Å². The summed E-state index contributed by atoms with van der Waals surface area (Å²) in [6.07, 6.45) is 14.4. The maximum Gasteiger partial charge on any atom is 0.494 e. The predicted octanol–water partition coefficient (Wildman–Crippen LogP) is 14.5. The molecular formula is C58H51BN2O2. The van der Waals surface area contributed by atoms with Crippen LogP contribution in [0.15, 0.2) is 170 Å². The van der Waals surface area contributed by atoms with E-state index < -0.39 is 18.3 Å². The SMILES string of the molecule is C=C(/C=C\C(=C/CC)n1c2ccccc2c2ccccc21)c1c2ccccc2c(-c2ccc(-n3c4c(c5ccccc53)CCC=C4)cc2)c2ccc(B3OC(C)(C)C(C)(C)O3)cc12. The number of aryl methyl sites for hydroxylation is 1. The van der Waals surface area contributed by atoms with Crippen LogP contribution in [0.3, 0.4) is 0 Å². The van der Waals surface area contributed by atoms with Gasteiger partial charge in [-0.25, -0.2) is 0 Å². The summed E-state index contributed by atoms with van der Waals surface area (Å²) in [7, 11) is -0.504. The summed E-state index contributed by atoms with van der Waals surface area (Å²) in [5.74, 6) is 0. The van der Waals surface area contributed by atoms with Gasteiger partial charge in [-0.3, -0.25) is 0 Å². The monoisotopic (exact) mass is 818 g/mol. The quantitative estimate of drug-likeness (QED) is 0.0868. The number of hydrogen-bond acceptors (Lipinski definition) is 2. The number of rotatable bonds is 8. The van der Waals surface area contributed by atoms with Gasteiger partial charge in [-0.15, -0.1) is 0 Å². The van der Waals surface area contributed by atoms with E-state index in [9.17, 15) is 0 Å². The number of aromatic nitrogens is 2. The molecule has 0 atom stereocenters. The molecule has 1 aliphatic heterocycles. The van der Waals surface area contributed by atoms with Crippen LogP contribution in [0.4, 0.5) is 0 Å². The minimum Gasteiger partial charge on any atom is -0.399 e. The first-order chi connectivity index (χ1) is 30.6. The van der Waals surface area contributed by atoms with E-state index >= 15 is 0 Å². The molecule has 0 saturated carbocycles. The first-order valence-electron chi connectivity index (χ1n) is 22.4. The fourth-order valence-electron chi connectivity index (χ4n) is 10.1. The van der Waals surface area contributed by atoms with E-state index in [1.54, 1.807) is 0 Å². The highest BCUT2D eigenvalue weighted by atomic mass is 16.7. The summed E-state index contributed by atoms with van der Waals surface area (Å²) in [5.41, 5.74) is 13.1. The molecule has 1 saturated heterocycles. The van der Waals surface area contributed by atoms with E-state index in [1.165, 1.54) is 54.9 Å². The Balaban J connectivity index is 1.08. The lowest BCUT2D eigenvalue weighted by Crippen LogP contribution is -2.41. The van der Waals surface area contributed by atoms with E-state index in [0.29, 0.717) is 0 Å². The zero-order valence-corrected chi connectivity index (χ0v) is 36.8. The van der Waals surface area contributed by atoms with Gasteiger partial charge < -0.3 is 18.4 Å². The van der Waals surface area contributed by atoms with Gasteiger partial charge >= 0.3 is 7.12 Å². The molecule has 7 aromatic carbocycles. The van der Waals surface area contributed by atoms with E-state index in [0.717, 1.165) is 69.0 Å². The van der Waals surface area contributed by atoms with Crippen LogP contribution in [0.2, 0.25) is 0 Å². The normalized spacial score (nSPS) is 16.1. The molecule has 9 aromatic rings. The highest BCUT2D eigenvalue weighted by Crippen LogP contribution is 2.44. The van der Waals surface area contributed by atoms with Crippen molar-refractivity contribution < 1.29 is 9.31 Å². The summed E-state index contributed by atoms with van der Waals surface area (Å²) in [6.45, 7) is 15.5.